The lowest BCUT2D eigenvalue weighted by atomic mass is 10.1. The van der Waals surface area contributed by atoms with Crippen LogP contribution in [0.3, 0.4) is 0 Å². The zero-order valence-corrected chi connectivity index (χ0v) is 23.2. The van der Waals surface area contributed by atoms with Crippen LogP contribution in [0, 0.1) is 20.2 Å². The van der Waals surface area contributed by atoms with Gasteiger partial charge in [0.2, 0.25) is 5.75 Å². The molecule has 0 bridgehead atoms. The van der Waals surface area contributed by atoms with Crippen LogP contribution in [-0.2, 0) is 10.1 Å². The molecule has 0 spiro atoms. The van der Waals surface area contributed by atoms with Crippen LogP contribution in [0.2, 0.25) is 0 Å². The third kappa shape index (κ3) is 7.42. The minimum atomic E-state index is -4.50. The smallest absolute Gasteiger partial charge is 0.338 e. The molecule has 0 amide bonds. The molecule has 0 aromatic heterocycles. The lowest BCUT2D eigenvalue weighted by Gasteiger charge is -2.04. The quantitative estimate of drug-likeness (QED) is 0.0510. The molecule has 0 aliphatic rings. The van der Waals surface area contributed by atoms with Crippen molar-refractivity contribution in [1.29, 1.82) is 0 Å². The second kappa shape index (κ2) is 12.9. The second-order valence-corrected chi connectivity index (χ2v) is 10.2. The summed E-state index contributed by atoms with van der Waals surface area (Å²) >= 11 is 0. The molecular weight excluding hydrogens is 636 g/mol. The van der Waals surface area contributed by atoms with E-state index in [0.717, 1.165) is 30.3 Å². The van der Waals surface area contributed by atoms with E-state index < -0.39 is 76.4 Å². The summed E-state index contributed by atoms with van der Waals surface area (Å²) in [6.45, 7) is 0. The van der Waals surface area contributed by atoms with Gasteiger partial charge in [-0.25, -0.2) is 4.79 Å². The summed E-state index contributed by atoms with van der Waals surface area (Å²) in [6.07, 6.45) is 0. The highest BCUT2D eigenvalue weighted by Gasteiger charge is 2.24. The Morgan fingerprint density at radius 2 is 1.26 bits per heavy atom. The summed E-state index contributed by atoms with van der Waals surface area (Å²) in [6, 6.07) is 11.3. The van der Waals surface area contributed by atoms with Crippen molar-refractivity contribution in [2.45, 2.75) is 4.90 Å². The molecule has 5 N–H and O–H groups in total. The summed E-state index contributed by atoms with van der Waals surface area (Å²) in [5.74, 6) is -3.85. The van der Waals surface area contributed by atoms with Gasteiger partial charge in [0.25, 0.3) is 15.8 Å². The number of non-ortho nitro benzene ring substituents is 1. The topological polar surface area (TPSA) is 313 Å². The largest absolute Gasteiger partial charge is 0.505 e. The lowest BCUT2D eigenvalue weighted by Crippen LogP contribution is -1.96. The predicted molar refractivity (Wildman–Crippen MR) is 153 cm³/mol. The number of nitro benzene ring substituents is 2. The third-order valence-corrected chi connectivity index (χ3v) is 6.52. The fraction of sp³-hybridized carbons (Fsp3) is 0. The summed E-state index contributed by atoms with van der Waals surface area (Å²) in [5, 5.41) is 84.8. The number of hydrogen-bond acceptors (Lipinski definition) is 16. The molecule has 46 heavy (non-hydrogen) atoms. The molecule has 0 aliphatic carbocycles. The normalized spacial score (nSPS) is 11.8. The highest BCUT2D eigenvalue weighted by molar-refractivity contribution is 7.85. The molecule has 4 aromatic rings. The van der Waals surface area contributed by atoms with E-state index in [1.165, 1.54) is 24.3 Å². The second-order valence-electron chi connectivity index (χ2n) is 8.76. The van der Waals surface area contributed by atoms with Crippen molar-refractivity contribution in [3.63, 3.8) is 0 Å². The third-order valence-electron chi connectivity index (χ3n) is 5.67. The molecule has 4 rings (SSSR count). The molecule has 0 fully saturated rings. The number of rotatable bonds is 10. The molecule has 0 saturated heterocycles. The Kier molecular flexibility index (Phi) is 9.00. The highest BCUT2D eigenvalue weighted by Crippen LogP contribution is 2.43. The maximum atomic E-state index is 11.9. The number of carboxylic acids is 1. The number of hydrogen-bond donors (Lipinski definition) is 5. The molecule has 21 heteroatoms. The Hall–Kier alpha value is -6.74. The minimum Gasteiger partial charge on any atom is -0.505 e. The number of nitro groups is 2. The van der Waals surface area contributed by atoms with Crippen LogP contribution >= 0.6 is 0 Å². The zero-order chi connectivity index (χ0) is 33.8. The van der Waals surface area contributed by atoms with E-state index in [0.29, 0.717) is 12.1 Å². The number of phenols is 3. The molecule has 234 valence electrons. The SMILES string of the molecule is O=C(O)c1cc(N=Nc2cccc(S(=O)(=O)O)c2)ccc1N=Nc1cc(N=Nc2cc([N+](=O)[O-])cc([N+](=O)[O-])c2O)c(O)cc1O. The Morgan fingerprint density at radius 3 is 1.83 bits per heavy atom. The first kappa shape index (κ1) is 32.2. The molecule has 0 aliphatic heterocycles. The van der Waals surface area contributed by atoms with Gasteiger partial charge in [-0.15, -0.1) is 20.5 Å². The standard InChI is InChI=1S/C25H16N8O12S/c34-22-11-23(35)19(30-31-20-8-14(32(39)40)9-21(24(20)36)33(41)42)10-18(22)29-28-17-5-4-13(7-16(17)25(37)38)27-26-12-2-1-3-15(6-12)46(43,44)45/h1-11,34-36H,(H,37,38)(H,43,44,45). The molecule has 0 radical (unpaired) electrons. The van der Waals surface area contributed by atoms with Crippen molar-refractivity contribution in [1.82, 2.24) is 0 Å². The summed E-state index contributed by atoms with van der Waals surface area (Å²) in [7, 11) is -4.50. The molecule has 4 aromatic carbocycles. The van der Waals surface area contributed by atoms with Crippen LogP contribution < -0.4 is 0 Å². The summed E-state index contributed by atoms with van der Waals surface area (Å²) in [4.78, 5) is 31.7. The zero-order valence-electron chi connectivity index (χ0n) is 22.4. The van der Waals surface area contributed by atoms with E-state index in [-0.39, 0.29) is 22.7 Å². The van der Waals surface area contributed by atoms with Crippen LogP contribution in [0.4, 0.5) is 45.5 Å². The first-order valence-electron chi connectivity index (χ1n) is 12.1. The summed E-state index contributed by atoms with van der Waals surface area (Å²) < 4.78 is 31.8. The van der Waals surface area contributed by atoms with Gasteiger partial charge in [-0.05, 0) is 36.4 Å². The monoisotopic (exact) mass is 652 g/mol. The Labute approximate surface area is 255 Å². The number of aromatic hydroxyl groups is 3. The van der Waals surface area contributed by atoms with E-state index in [9.17, 15) is 53.9 Å². The maximum absolute atomic E-state index is 11.9. The fourth-order valence-electron chi connectivity index (χ4n) is 3.51. The molecule has 0 atom stereocenters. The predicted octanol–water partition coefficient (Wildman–Crippen LogP) is 6.81. The number of phenolic OH excluding ortho intramolecular Hbond substituents is 3. The van der Waals surface area contributed by atoms with E-state index in [4.69, 9.17) is 4.55 Å². The van der Waals surface area contributed by atoms with Gasteiger partial charge in [-0.1, -0.05) is 6.07 Å². The number of benzene rings is 4. The van der Waals surface area contributed by atoms with Crippen molar-refractivity contribution in [3.8, 4) is 17.2 Å². The number of carboxylic acid groups (broad SMARTS) is 1. The van der Waals surface area contributed by atoms with Crippen LogP contribution in [-0.4, -0.2) is 49.2 Å². The first-order chi connectivity index (χ1) is 21.6. The van der Waals surface area contributed by atoms with Crippen molar-refractivity contribution < 1.29 is 48.0 Å². The van der Waals surface area contributed by atoms with Gasteiger partial charge in [-0.2, -0.15) is 18.6 Å². The van der Waals surface area contributed by atoms with E-state index >= 15 is 0 Å². The Balaban J connectivity index is 1.64. The summed E-state index contributed by atoms with van der Waals surface area (Å²) in [5.41, 5.74) is -3.92. The van der Waals surface area contributed by atoms with Crippen molar-refractivity contribution in [3.05, 3.63) is 92.5 Å². The lowest BCUT2D eigenvalue weighted by molar-refractivity contribution is -0.394. The number of azo groups is 3. The van der Waals surface area contributed by atoms with Gasteiger partial charge in [-0.3, -0.25) is 24.8 Å². The molecular formula is C25H16N8O12S. The molecule has 0 heterocycles. The van der Waals surface area contributed by atoms with Gasteiger partial charge < -0.3 is 20.4 Å². The average molecular weight is 653 g/mol. The minimum absolute atomic E-state index is 0.00780. The van der Waals surface area contributed by atoms with E-state index in [1.807, 2.05) is 0 Å². The molecule has 0 saturated carbocycles. The number of nitrogens with zero attached hydrogens (tertiary/aromatic N) is 8. The molecule has 0 unspecified atom stereocenters. The molecule has 20 nitrogen and oxygen atoms in total. The van der Waals surface area contributed by atoms with Crippen LogP contribution in [0.1, 0.15) is 10.4 Å². The number of carbonyl (C=O) groups is 1. The highest BCUT2D eigenvalue weighted by atomic mass is 32.2. The van der Waals surface area contributed by atoms with Crippen LogP contribution in [0.25, 0.3) is 0 Å². The Bertz CT molecular complexity index is 2120. The van der Waals surface area contributed by atoms with Crippen molar-refractivity contribution in [2.75, 3.05) is 0 Å². The van der Waals surface area contributed by atoms with Gasteiger partial charge in [0, 0.05) is 18.2 Å². The van der Waals surface area contributed by atoms with Gasteiger partial charge >= 0.3 is 11.7 Å². The van der Waals surface area contributed by atoms with Crippen LogP contribution in [0.15, 0.2) is 102 Å². The van der Waals surface area contributed by atoms with Crippen LogP contribution in [0.5, 0.6) is 17.2 Å². The van der Waals surface area contributed by atoms with Gasteiger partial charge in [0.15, 0.2) is 0 Å². The van der Waals surface area contributed by atoms with Crippen molar-refractivity contribution in [2.24, 2.45) is 30.7 Å². The number of aromatic carboxylic acids is 1. The van der Waals surface area contributed by atoms with Gasteiger partial charge in [0.1, 0.15) is 34.2 Å². The first-order valence-corrected chi connectivity index (χ1v) is 13.5. The van der Waals surface area contributed by atoms with Crippen molar-refractivity contribution >= 4 is 61.6 Å². The van der Waals surface area contributed by atoms with E-state index in [1.54, 1.807) is 0 Å². The fourth-order valence-corrected chi connectivity index (χ4v) is 4.03. The van der Waals surface area contributed by atoms with Gasteiger partial charge in [0.05, 0.1) is 37.7 Å². The van der Waals surface area contributed by atoms with E-state index in [2.05, 4.69) is 30.7 Å². The Morgan fingerprint density at radius 1 is 0.674 bits per heavy atom. The maximum Gasteiger partial charge on any atom is 0.338 e. The average Bonchev–Trinajstić information content (AvgIpc) is 2.99.